The highest BCUT2D eigenvalue weighted by molar-refractivity contribution is 5.99. The van der Waals surface area contributed by atoms with Gasteiger partial charge in [0.1, 0.15) is 5.69 Å². The second-order valence-electron chi connectivity index (χ2n) is 2.10. The minimum atomic E-state index is -0.0905. The number of aromatic nitrogens is 3. The quantitative estimate of drug-likeness (QED) is 0.509. The number of nitrogens with one attached hydrogen (secondary N) is 2. The highest BCUT2D eigenvalue weighted by Gasteiger charge is 2.14. The standard InChI is InChI=1S/C5H5N5O/c11-4-2-6-5-3(8-4)1-7-10-9-5/h1H,2H2,(H,8,11)(H,6,7,9). The number of nitrogens with zero attached hydrogens (tertiary/aromatic N) is 3. The van der Waals surface area contributed by atoms with Crippen molar-refractivity contribution >= 4 is 17.4 Å². The number of anilines is 2. The van der Waals surface area contributed by atoms with E-state index in [0.29, 0.717) is 11.5 Å². The van der Waals surface area contributed by atoms with Crippen molar-refractivity contribution in [1.29, 1.82) is 0 Å². The Morgan fingerprint density at radius 1 is 1.55 bits per heavy atom. The first kappa shape index (κ1) is 6.02. The molecule has 1 aromatic heterocycles. The molecule has 11 heavy (non-hydrogen) atoms. The maximum absolute atomic E-state index is 10.8. The molecule has 0 radical (unpaired) electrons. The van der Waals surface area contributed by atoms with Crippen LogP contribution in [0.1, 0.15) is 0 Å². The molecule has 6 nitrogen and oxygen atoms in total. The lowest BCUT2D eigenvalue weighted by atomic mass is 10.4. The van der Waals surface area contributed by atoms with E-state index in [1.807, 2.05) is 0 Å². The van der Waals surface area contributed by atoms with E-state index in [2.05, 4.69) is 26.0 Å². The molecule has 0 bridgehead atoms. The molecule has 1 aromatic rings. The molecule has 0 aliphatic carbocycles. The Balaban J connectivity index is 2.41. The van der Waals surface area contributed by atoms with Crippen molar-refractivity contribution in [2.75, 3.05) is 17.2 Å². The molecular formula is C5H5N5O. The van der Waals surface area contributed by atoms with Gasteiger partial charge in [-0.15, -0.1) is 10.2 Å². The largest absolute Gasteiger partial charge is 0.358 e. The van der Waals surface area contributed by atoms with Crippen LogP contribution in [-0.2, 0) is 4.79 Å². The minimum Gasteiger partial charge on any atom is -0.358 e. The maximum Gasteiger partial charge on any atom is 0.243 e. The van der Waals surface area contributed by atoms with Crippen molar-refractivity contribution in [3.63, 3.8) is 0 Å². The number of carbonyl (C=O) groups is 1. The van der Waals surface area contributed by atoms with Crippen LogP contribution < -0.4 is 10.6 Å². The zero-order valence-corrected chi connectivity index (χ0v) is 5.53. The van der Waals surface area contributed by atoms with Crippen molar-refractivity contribution in [2.45, 2.75) is 0 Å². The van der Waals surface area contributed by atoms with Gasteiger partial charge in [0.05, 0.1) is 12.7 Å². The van der Waals surface area contributed by atoms with Gasteiger partial charge < -0.3 is 10.6 Å². The molecule has 6 heteroatoms. The minimum absolute atomic E-state index is 0.0905. The van der Waals surface area contributed by atoms with Gasteiger partial charge in [-0.25, -0.2) is 0 Å². The lowest BCUT2D eigenvalue weighted by molar-refractivity contribution is -0.114. The van der Waals surface area contributed by atoms with Crippen LogP contribution in [0.2, 0.25) is 0 Å². The van der Waals surface area contributed by atoms with E-state index in [1.54, 1.807) is 0 Å². The molecule has 1 amide bonds. The Hall–Kier alpha value is -1.72. The first-order valence-electron chi connectivity index (χ1n) is 3.08. The Labute approximate surface area is 62.0 Å². The molecule has 0 atom stereocenters. The molecule has 0 spiro atoms. The third kappa shape index (κ3) is 0.977. The Kier molecular flexibility index (Phi) is 1.18. The maximum atomic E-state index is 10.8. The predicted octanol–water partition coefficient (Wildman–Crippen LogP) is -0.764. The van der Waals surface area contributed by atoms with Crippen LogP contribution in [0.4, 0.5) is 11.5 Å². The topological polar surface area (TPSA) is 79.8 Å². The number of amides is 1. The van der Waals surface area contributed by atoms with Crippen LogP contribution in [0, 0.1) is 0 Å². The zero-order valence-electron chi connectivity index (χ0n) is 5.53. The summed E-state index contributed by atoms with van der Waals surface area (Å²) in [6, 6.07) is 0. The van der Waals surface area contributed by atoms with Crippen LogP contribution in [0.15, 0.2) is 6.20 Å². The molecule has 2 heterocycles. The van der Waals surface area contributed by atoms with Crippen LogP contribution >= 0.6 is 0 Å². The average Bonchev–Trinajstić information content (AvgIpc) is 2.04. The Morgan fingerprint density at radius 2 is 2.45 bits per heavy atom. The molecule has 0 saturated heterocycles. The third-order valence-electron chi connectivity index (χ3n) is 1.33. The number of hydrogen-bond acceptors (Lipinski definition) is 5. The summed E-state index contributed by atoms with van der Waals surface area (Å²) >= 11 is 0. The summed E-state index contributed by atoms with van der Waals surface area (Å²) < 4.78 is 0. The van der Waals surface area contributed by atoms with Crippen molar-refractivity contribution in [3.05, 3.63) is 6.20 Å². The number of fused-ring (bicyclic) bond motifs is 1. The van der Waals surface area contributed by atoms with E-state index < -0.39 is 0 Å². The summed E-state index contributed by atoms with van der Waals surface area (Å²) in [5, 5.41) is 16.0. The summed E-state index contributed by atoms with van der Waals surface area (Å²) in [7, 11) is 0. The highest BCUT2D eigenvalue weighted by Crippen LogP contribution is 2.17. The van der Waals surface area contributed by atoms with Crippen molar-refractivity contribution in [2.24, 2.45) is 0 Å². The van der Waals surface area contributed by atoms with Gasteiger partial charge in [-0.05, 0) is 5.21 Å². The second-order valence-corrected chi connectivity index (χ2v) is 2.10. The van der Waals surface area contributed by atoms with E-state index >= 15 is 0 Å². The average molecular weight is 151 g/mol. The summed E-state index contributed by atoms with van der Waals surface area (Å²) in [4.78, 5) is 10.8. The molecule has 0 aromatic carbocycles. The molecule has 2 N–H and O–H groups in total. The monoisotopic (exact) mass is 151 g/mol. The number of hydrogen-bond donors (Lipinski definition) is 2. The molecule has 1 aliphatic rings. The van der Waals surface area contributed by atoms with Gasteiger partial charge in [0.15, 0.2) is 5.82 Å². The van der Waals surface area contributed by atoms with Gasteiger partial charge in [-0.2, -0.15) is 0 Å². The molecule has 56 valence electrons. The van der Waals surface area contributed by atoms with Crippen LogP contribution in [0.25, 0.3) is 0 Å². The first-order chi connectivity index (χ1) is 5.36. The highest BCUT2D eigenvalue weighted by atomic mass is 16.2. The fourth-order valence-corrected chi connectivity index (χ4v) is 0.850. The van der Waals surface area contributed by atoms with Gasteiger partial charge in [-0.1, -0.05) is 0 Å². The molecule has 0 fully saturated rings. The van der Waals surface area contributed by atoms with E-state index in [0.717, 1.165) is 0 Å². The van der Waals surface area contributed by atoms with Crippen LogP contribution in [-0.4, -0.2) is 27.9 Å². The normalized spacial score (nSPS) is 14.7. The Morgan fingerprint density at radius 3 is 3.36 bits per heavy atom. The van der Waals surface area contributed by atoms with Crippen LogP contribution in [0.3, 0.4) is 0 Å². The number of rotatable bonds is 0. The molecule has 0 saturated carbocycles. The van der Waals surface area contributed by atoms with E-state index in [9.17, 15) is 4.79 Å². The van der Waals surface area contributed by atoms with Crippen molar-refractivity contribution < 1.29 is 4.79 Å². The third-order valence-corrected chi connectivity index (χ3v) is 1.33. The zero-order chi connectivity index (χ0) is 7.68. The van der Waals surface area contributed by atoms with Crippen LogP contribution in [0.5, 0.6) is 0 Å². The van der Waals surface area contributed by atoms with Gasteiger partial charge in [0.25, 0.3) is 0 Å². The van der Waals surface area contributed by atoms with Crippen molar-refractivity contribution in [1.82, 2.24) is 15.4 Å². The lowest BCUT2D eigenvalue weighted by Crippen LogP contribution is -2.28. The summed E-state index contributed by atoms with van der Waals surface area (Å²) in [6.45, 7) is 0.242. The smallest absolute Gasteiger partial charge is 0.243 e. The molecule has 1 aliphatic heterocycles. The molecule has 0 unspecified atom stereocenters. The fraction of sp³-hybridized carbons (Fsp3) is 0.200. The fourth-order valence-electron chi connectivity index (χ4n) is 0.850. The SMILES string of the molecule is O=C1CNc2nnncc2N1. The number of carbonyl (C=O) groups excluding carboxylic acids is 1. The van der Waals surface area contributed by atoms with Gasteiger partial charge in [-0.3, -0.25) is 4.79 Å². The first-order valence-corrected chi connectivity index (χ1v) is 3.08. The molecular weight excluding hydrogens is 146 g/mol. The van der Waals surface area contributed by atoms with Gasteiger partial charge in [0.2, 0.25) is 5.91 Å². The van der Waals surface area contributed by atoms with E-state index in [-0.39, 0.29) is 12.5 Å². The van der Waals surface area contributed by atoms with Gasteiger partial charge in [0, 0.05) is 0 Å². The molecule has 2 rings (SSSR count). The van der Waals surface area contributed by atoms with E-state index in [1.165, 1.54) is 6.20 Å². The lowest BCUT2D eigenvalue weighted by Gasteiger charge is -2.14. The van der Waals surface area contributed by atoms with Crippen molar-refractivity contribution in [3.8, 4) is 0 Å². The second kappa shape index (κ2) is 2.15. The summed E-state index contributed by atoms with van der Waals surface area (Å²) in [5.41, 5.74) is 0.580. The van der Waals surface area contributed by atoms with Gasteiger partial charge >= 0.3 is 0 Å². The Bertz CT molecular complexity index is 299. The predicted molar refractivity (Wildman–Crippen MR) is 36.9 cm³/mol. The van der Waals surface area contributed by atoms with E-state index in [4.69, 9.17) is 0 Å². The summed E-state index contributed by atoms with van der Waals surface area (Å²) in [6.07, 6.45) is 1.45. The summed E-state index contributed by atoms with van der Waals surface area (Å²) in [5.74, 6) is 0.479.